The number of unbranched alkanes of at least 4 members (excludes halogenated alkanes) is 34. The molecule has 0 saturated heterocycles. The summed E-state index contributed by atoms with van der Waals surface area (Å²) in [5, 5.41) is 0. The second-order valence-electron chi connectivity index (χ2n) is 19.6. The number of esters is 3. The molecular formula is C61H110O6. The van der Waals surface area contributed by atoms with Crippen LogP contribution < -0.4 is 0 Å². The molecule has 6 nitrogen and oxygen atoms in total. The van der Waals surface area contributed by atoms with Crippen molar-refractivity contribution in [3.63, 3.8) is 0 Å². The van der Waals surface area contributed by atoms with Crippen LogP contribution in [0.2, 0.25) is 0 Å². The van der Waals surface area contributed by atoms with E-state index in [0.29, 0.717) is 19.3 Å². The molecule has 0 bridgehead atoms. The van der Waals surface area contributed by atoms with Gasteiger partial charge in [0.1, 0.15) is 13.2 Å². The highest BCUT2D eigenvalue weighted by atomic mass is 16.6. The van der Waals surface area contributed by atoms with Crippen LogP contribution in [0.25, 0.3) is 0 Å². The number of hydrogen-bond acceptors (Lipinski definition) is 6. The quantitative estimate of drug-likeness (QED) is 0.0262. The van der Waals surface area contributed by atoms with Crippen LogP contribution in [0.1, 0.15) is 303 Å². The summed E-state index contributed by atoms with van der Waals surface area (Å²) < 4.78 is 16.9. The van der Waals surface area contributed by atoms with Gasteiger partial charge in [0, 0.05) is 19.3 Å². The van der Waals surface area contributed by atoms with Gasteiger partial charge in [-0.15, -0.1) is 0 Å². The lowest BCUT2D eigenvalue weighted by Crippen LogP contribution is -2.30. The predicted octanol–water partition coefficient (Wildman–Crippen LogP) is 19.4. The maximum atomic E-state index is 12.9. The topological polar surface area (TPSA) is 78.9 Å². The fourth-order valence-electron chi connectivity index (χ4n) is 8.39. The minimum atomic E-state index is -0.783. The number of carbonyl (C=O) groups excluding carboxylic acids is 3. The van der Waals surface area contributed by atoms with Crippen LogP contribution in [0.15, 0.2) is 48.6 Å². The molecule has 0 aliphatic rings. The van der Waals surface area contributed by atoms with Crippen LogP contribution in [0, 0.1) is 0 Å². The molecule has 0 aromatic rings. The van der Waals surface area contributed by atoms with Gasteiger partial charge >= 0.3 is 17.9 Å². The molecule has 1 atom stereocenters. The van der Waals surface area contributed by atoms with Gasteiger partial charge in [-0.25, -0.2) is 0 Å². The summed E-state index contributed by atoms with van der Waals surface area (Å²) in [6.45, 7) is 6.61. The molecule has 0 aliphatic carbocycles. The van der Waals surface area contributed by atoms with Crippen molar-refractivity contribution in [2.75, 3.05) is 13.2 Å². The SMILES string of the molecule is CCCCC/C=C\C/C=C\C/C=C\CCCCCCC(=O)OC[C@H](COC(=O)CCCCCCC/C=C\CCCCCC)OC(=O)CCCCCCCCCCCCCCCCCCCCC. The third-order valence-corrected chi connectivity index (χ3v) is 12.8. The lowest BCUT2D eigenvalue weighted by Gasteiger charge is -2.18. The lowest BCUT2D eigenvalue weighted by atomic mass is 10.0. The first-order valence-corrected chi connectivity index (χ1v) is 29.1. The monoisotopic (exact) mass is 939 g/mol. The first kappa shape index (κ1) is 64.4. The molecule has 0 radical (unpaired) electrons. The summed E-state index contributed by atoms with van der Waals surface area (Å²) >= 11 is 0. The molecule has 390 valence electrons. The zero-order chi connectivity index (χ0) is 48.6. The second-order valence-corrected chi connectivity index (χ2v) is 19.6. The van der Waals surface area contributed by atoms with E-state index in [1.54, 1.807) is 0 Å². The lowest BCUT2D eigenvalue weighted by molar-refractivity contribution is -0.167. The van der Waals surface area contributed by atoms with Crippen LogP contribution in [-0.4, -0.2) is 37.2 Å². The molecular weight excluding hydrogens is 829 g/mol. The molecule has 0 spiro atoms. The number of rotatable bonds is 53. The van der Waals surface area contributed by atoms with Gasteiger partial charge in [-0.1, -0.05) is 249 Å². The zero-order valence-electron chi connectivity index (χ0n) is 44.7. The first-order chi connectivity index (χ1) is 33.0. The van der Waals surface area contributed by atoms with E-state index in [1.165, 1.54) is 173 Å². The van der Waals surface area contributed by atoms with E-state index in [-0.39, 0.29) is 31.1 Å². The predicted molar refractivity (Wildman–Crippen MR) is 289 cm³/mol. The van der Waals surface area contributed by atoms with Crippen LogP contribution in [0.3, 0.4) is 0 Å². The maximum absolute atomic E-state index is 12.9. The highest BCUT2D eigenvalue weighted by molar-refractivity contribution is 5.71. The Kier molecular flexibility index (Phi) is 53.8. The first-order valence-electron chi connectivity index (χ1n) is 29.1. The second kappa shape index (κ2) is 56.0. The molecule has 0 heterocycles. The Balaban J connectivity index is 4.37. The van der Waals surface area contributed by atoms with E-state index in [2.05, 4.69) is 69.4 Å². The molecule has 0 saturated carbocycles. The average Bonchev–Trinajstić information content (AvgIpc) is 3.33. The molecule has 0 aliphatic heterocycles. The van der Waals surface area contributed by atoms with Crippen molar-refractivity contribution in [2.24, 2.45) is 0 Å². The molecule has 0 N–H and O–H groups in total. The molecule has 0 amide bonds. The third-order valence-electron chi connectivity index (χ3n) is 12.8. The smallest absolute Gasteiger partial charge is 0.306 e. The number of ether oxygens (including phenoxy) is 3. The van der Waals surface area contributed by atoms with Crippen molar-refractivity contribution < 1.29 is 28.6 Å². The molecule has 67 heavy (non-hydrogen) atoms. The van der Waals surface area contributed by atoms with Gasteiger partial charge in [0.15, 0.2) is 6.10 Å². The van der Waals surface area contributed by atoms with Gasteiger partial charge in [0.25, 0.3) is 0 Å². The Morgan fingerprint density at radius 3 is 0.896 bits per heavy atom. The summed E-state index contributed by atoms with van der Waals surface area (Å²) in [7, 11) is 0. The van der Waals surface area contributed by atoms with Gasteiger partial charge in [0.05, 0.1) is 0 Å². The average molecular weight is 940 g/mol. The Bertz CT molecular complexity index is 1170. The molecule has 0 rings (SSSR count). The van der Waals surface area contributed by atoms with E-state index < -0.39 is 6.10 Å². The van der Waals surface area contributed by atoms with Crippen LogP contribution in [0.5, 0.6) is 0 Å². The minimum absolute atomic E-state index is 0.0820. The van der Waals surface area contributed by atoms with Gasteiger partial charge in [-0.05, 0) is 83.5 Å². The summed E-state index contributed by atoms with van der Waals surface area (Å²) in [4.78, 5) is 38.1. The molecule has 0 fully saturated rings. The van der Waals surface area contributed by atoms with Crippen molar-refractivity contribution in [3.8, 4) is 0 Å². The van der Waals surface area contributed by atoms with Gasteiger partial charge in [-0.2, -0.15) is 0 Å². The Hall–Kier alpha value is -2.63. The van der Waals surface area contributed by atoms with Gasteiger partial charge < -0.3 is 14.2 Å². The largest absolute Gasteiger partial charge is 0.462 e. The maximum Gasteiger partial charge on any atom is 0.306 e. The number of hydrogen-bond donors (Lipinski definition) is 0. The fraction of sp³-hybridized carbons (Fsp3) is 0.820. The third kappa shape index (κ3) is 54.2. The molecule has 0 unspecified atom stereocenters. The van der Waals surface area contributed by atoms with Gasteiger partial charge in [0.2, 0.25) is 0 Å². The van der Waals surface area contributed by atoms with Crippen LogP contribution >= 0.6 is 0 Å². The molecule has 6 heteroatoms. The van der Waals surface area contributed by atoms with Crippen molar-refractivity contribution in [1.82, 2.24) is 0 Å². The zero-order valence-corrected chi connectivity index (χ0v) is 44.7. The Morgan fingerprint density at radius 2 is 0.537 bits per heavy atom. The minimum Gasteiger partial charge on any atom is -0.462 e. The van der Waals surface area contributed by atoms with Crippen molar-refractivity contribution in [3.05, 3.63) is 48.6 Å². The highest BCUT2D eigenvalue weighted by Crippen LogP contribution is 2.16. The normalized spacial score (nSPS) is 12.3. The Labute approximate surface area is 416 Å². The van der Waals surface area contributed by atoms with E-state index in [9.17, 15) is 14.4 Å². The molecule has 0 aromatic heterocycles. The fourth-order valence-corrected chi connectivity index (χ4v) is 8.39. The van der Waals surface area contributed by atoms with Crippen molar-refractivity contribution in [2.45, 2.75) is 309 Å². The summed E-state index contributed by atoms with van der Waals surface area (Å²) in [6, 6.07) is 0. The number of allylic oxidation sites excluding steroid dienone is 8. The van der Waals surface area contributed by atoms with Crippen LogP contribution in [-0.2, 0) is 28.6 Å². The van der Waals surface area contributed by atoms with E-state index in [1.807, 2.05) is 0 Å². The van der Waals surface area contributed by atoms with Gasteiger partial charge in [-0.3, -0.25) is 14.4 Å². The van der Waals surface area contributed by atoms with E-state index >= 15 is 0 Å². The van der Waals surface area contributed by atoms with Crippen molar-refractivity contribution >= 4 is 17.9 Å². The molecule has 0 aromatic carbocycles. The van der Waals surface area contributed by atoms with E-state index in [0.717, 1.165) is 89.9 Å². The summed E-state index contributed by atoms with van der Waals surface area (Å²) in [6.07, 6.45) is 68.1. The highest BCUT2D eigenvalue weighted by Gasteiger charge is 2.19. The standard InChI is InChI=1S/C61H110O6/c1-4-7-10-13-16-19-22-25-27-29-30-32-34-37-40-43-46-49-52-55-61(64)67-58(56-65-59(62)53-50-47-44-41-38-35-24-21-18-15-12-9-6-3)57-66-60(63)54-51-48-45-42-39-36-33-31-28-26-23-20-17-14-11-8-5-2/h17,20-21,24,26,28,33,36,58H,4-16,18-19,22-23,25,27,29-32,34-35,37-57H2,1-3H3/b20-17-,24-21-,28-26-,36-33-/t58-/m0/s1. The summed E-state index contributed by atoms with van der Waals surface area (Å²) in [5.74, 6) is -0.897. The summed E-state index contributed by atoms with van der Waals surface area (Å²) in [5.41, 5.74) is 0. The van der Waals surface area contributed by atoms with Crippen molar-refractivity contribution in [1.29, 1.82) is 0 Å². The van der Waals surface area contributed by atoms with Crippen LogP contribution in [0.4, 0.5) is 0 Å². The number of carbonyl (C=O) groups is 3. The van der Waals surface area contributed by atoms with E-state index in [4.69, 9.17) is 14.2 Å². The Morgan fingerprint density at radius 1 is 0.299 bits per heavy atom.